The van der Waals surface area contributed by atoms with Crippen LogP contribution in [0.5, 0.6) is 0 Å². The normalized spacial score (nSPS) is 17.9. The van der Waals surface area contributed by atoms with Crippen LogP contribution < -0.4 is 5.32 Å². The van der Waals surface area contributed by atoms with E-state index in [1.807, 2.05) is 109 Å². The largest absolute Gasteiger partial charge is 0.465 e. The van der Waals surface area contributed by atoms with Crippen molar-refractivity contribution in [3.05, 3.63) is 156 Å². The number of hydrogen-bond donors (Lipinski definition) is 2. The van der Waals surface area contributed by atoms with E-state index in [4.69, 9.17) is 33.9 Å². The summed E-state index contributed by atoms with van der Waals surface area (Å²) >= 11 is 11.0. The van der Waals surface area contributed by atoms with Gasteiger partial charge in [-0.15, -0.1) is 0 Å². The first-order valence-corrected chi connectivity index (χ1v) is 26.5. The van der Waals surface area contributed by atoms with E-state index in [2.05, 4.69) is 76.9 Å². The molecule has 4 aromatic rings. The summed E-state index contributed by atoms with van der Waals surface area (Å²) in [5.41, 5.74) is 2.75. The van der Waals surface area contributed by atoms with Gasteiger partial charge in [-0.1, -0.05) is 187 Å². The molecule has 2 saturated heterocycles. The second-order valence-corrected chi connectivity index (χ2v) is 24.5. The van der Waals surface area contributed by atoms with Crippen LogP contribution in [0.15, 0.2) is 133 Å². The summed E-state index contributed by atoms with van der Waals surface area (Å²) in [4.78, 5) is 28.4. The molecule has 2 aliphatic heterocycles. The van der Waals surface area contributed by atoms with Crippen LogP contribution in [0.4, 0.5) is 4.79 Å². The van der Waals surface area contributed by atoms with E-state index in [9.17, 15) is 14.7 Å². The van der Waals surface area contributed by atoms with Crippen molar-refractivity contribution in [2.24, 2.45) is 11.8 Å². The maximum Gasteiger partial charge on any atom is 0.407 e. The Labute approximate surface area is 381 Å². The summed E-state index contributed by atoms with van der Waals surface area (Å²) in [5.74, 6) is 0.393. The second kappa shape index (κ2) is 22.0. The van der Waals surface area contributed by atoms with Crippen molar-refractivity contribution in [2.45, 2.75) is 109 Å². The predicted octanol–water partition coefficient (Wildman–Crippen LogP) is 11.8. The van der Waals surface area contributed by atoms with Gasteiger partial charge in [0.1, 0.15) is 0 Å². The first kappa shape index (κ1) is 48.2. The molecule has 2 N–H and O–H groups in total. The molecule has 11 heteroatoms. The first-order valence-electron chi connectivity index (χ1n) is 22.0. The summed E-state index contributed by atoms with van der Waals surface area (Å²) in [6.07, 6.45) is 6.99. The lowest BCUT2D eigenvalue weighted by atomic mass is 9.75. The Balaban J connectivity index is 0.000000287. The van der Waals surface area contributed by atoms with Crippen molar-refractivity contribution >= 4 is 54.9 Å². The molecular weight excluding hydrogens is 827 g/mol. The monoisotopic (exact) mass is 891 g/mol. The van der Waals surface area contributed by atoms with Crippen molar-refractivity contribution in [1.29, 1.82) is 0 Å². The molecule has 0 aliphatic carbocycles. The molecule has 0 bridgehead atoms. The smallest absolute Gasteiger partial charge is 0.407 e. The summed E-state index contributed by atoms with van der Waals surface area (Å²) < 4.78 is 12.8. The molecule has 8 nitrogen and oxygen atoms in total. The molecule has 2 heterocycles. The van der Waals surface area contributed by atoms with Crippen LogP contribution in [0.2, 0.25) is 25.7 Å². The number of carboxylic acid groups (broad SMARTS) is 1. The Hall–Kier alpha value is -4.84. The number of amides is 2. The topological polar surface area (TPSA) is 91.3 Å². The summed E-state index contributed by atoms with van der Waals surface area (Å²) in [7, 11) is -1.27. The van der Waals surface area contributed by atoms with Gasteiger partial charge < -0.3 is 24.8 Å². The lowest BCUT2D eigenvalue weighted by Gasteiger charge is -2.38. The quantitative estimate of drug-likeness (QED) is 0.0469. The number of rotatable bonds is 17. The van der Waals surface area contributed by atoms with Gasteiger partial charge in [0.15, 0.2) is 11.2 Å². The van der Waals surface area contributed by atoms with Gasteiger partial charge >= 0.3 is 6.09 Å². The molecule has 330 valence electrons. The van der Waals surface area contributed by atoms with Crippen LogP contribution in [-0.4, -0.2) is 70.5 Å². The van der Waals surface area contributed by atoms with E-state index in [1.54, 1.807) is 9.80 Å². The molecule has 62 heavy (non-hydrogen) atoms. The van der Waals surface area contributed by atoms with Crippen molar-refractivity contribution in [3.63, 3.8) is 0 Å². The number of ether oxygens (including phenoxy) is 2. The zero-order valence-electron chi connectivity index (χ0n) is 37.5. The lowest BCUT2D eigenvalue weighted by molar-refractivity contribution is -0.128. The Kier molecular flexibility index (Phi) is 17.1. The molecule has 4 aromatic carbocycles. The predicted molar refractivity (Wildman–Crippen MR) is 262 cm³/mol. The van der Waals surface area contributed by atoms with Gasteiger partial charge in [0.05, 0.1) is 12.1 Å². The van der Waals surface area contributed by atoms with Crippen LogP contribution >= 0.6 is 24.4 Å². The summed E-state index contributed by atoms with van der Waals surface area (Å²) in [6, 6.07) is 41.5. The van der Waals surface area contributed by atoms with E-state index < -0.39 is 25.4 Å². The molecule has 0 unspecified atom stereocenters. The maximum absolute atomic E-state index is 13.6. The average molecular weight is 892 g/mol. The van der Waals surface area contributed by atoms with Gasteiger partial charge in [-0.3, -0.25) is 9.69 Å². The minimum atomic E-state index is -1.27. The molecule has 2 fully saturated rings. The number of nitrogens with zero attached hydrogens (tertiary/aromatic N) is 2. The van der Waals surface area contributed by atoms with Gasteiger partial charge in [0.2, 0.25) is 5.91 Å². The highest BCUT2D eigenvalue weighted by molar-refractivity contribution is 7.80. The molecule has 2 aliphatic rings. The number of unbranched alkanes of at least 4 members (excludes halogenated alkanes) is 3. The van der Waals surface area contributed by atoms with Crippen molar-refractivity contribution in [1.82, 2.24) is 15.1 Å². The van der Waals surface area contributed by atoms with Crippen LogP contribution in [0, 0.1) is 11.8 Å². The fourth-order valence-electron chi connectivity index (χ4n) is 8.60. The van der Waals surface area contributed by atoms with Crippen LogP contribution in [-0.2, 0) is 25.5 Å². The number of benzene rings is 4. The minimum absolute atomic E-state index is 0.0711. The number of carbonyl (C=O) groups is 2. The zero-order valence-corrected chi connectivity index (χ0v) is 40.1. The lowest BCUT2D eigenvalue weighted by Crippen LogP contribution is -2.49. The molecule has 0 aromatic heterocycles. The second-order valence-electron chi connectivity index (χ2n) is 18.1. The summed E-state index contributed by atoms with van der Waals surface area (Å²) in [5, 5.41) is 13.5. The van der Waals surface area contributed by atoms with Gasteiger partial charge in [-0.05, 0) is 61.6 Å². The molecule has 6 rings (SSSR count). The Morgan fingerprint density at radius 2 is 1.19 bits per heavy atom. The highest BCUT2D eigenvalue weighted by Crippen LogP contribution is 2.48. The van der Waals surface area contributed by atoms with Crippen LogP contribution in [0.1, 0.15) is 82.1 Å². The number of carbonyl (C=O) groups excluding carboxylic acids is 1. The third kappa shape index (κ3) is 11.6. The third-order valence-corrected chi connectivity index (χ3v) is 13.8. The van der Waals surface area contributed by atoms with E-state index >= 15 is 0 Å². The highest BCUT2D eigenvalue weighted by Gasteiger charge is 2.57. The maximum atomic E-state index is 13.6. The number of allylic oxidation sites excluding steroid dienone is 1. The van der Waals surface area contributed by atoms with Crippen LogP contribution in [0.3, 0.4) is 0 Å². The number of nitrogens with one attached hydrogen (secondary N) is 1. The van der Waals surface area contributed by atoms with Gasteiger partial charge in [0.25, 0.3) is 10.3 Å². The fourth-order valence-corrected chi connectivity index (χ4v) is 10.1. The molecule has 0 saturated carbocycles. The number of hydrogen-bond acceptors (Lipinski definition) is 6. The Morgan fingerprint density at radius 3 is 1.63 bits per heavy atom. The summed E-state index contributed by atoms with van der Waals surface area (Å²) in [6.45, 7) is 16.6. The minimum Gasteiger partial charge on any atom is -0.465 e. The fraction of sp³-hybridized carbons (Fsp3) is 0.412. The third-order valence-electron chi connectivity index (χ3n) is 11.6. The standard InChI is InChI=1S/C33H46N2O4SSi.C18H19NOS/c1-26(2)30-33(27-18-12-10-13-19-27,28-20-14-11-15-21-28)39-32(40)35(30)29(36)22-16-8-6-7-9-17-23-34(31(37)38)24-25-41(3,4)5;1-13(2)16-18(20-17(21)19-16,14-9-5-3-6-10-14)15-11-7-4-8-12-15/h8,10-16,18-21,26,30H,6-7,9,17,22-25H2,1-5H3,(H,37,38);3-13,16H,1-2H3,(H,19,21)/t30-;16-/m00/s1. The SMILES string of the molecule is CC(C)[C@@H]1N(C(=O)CC=CCCCCCN(CC[Si](C)(C)C)C(=O)O)C(=S)OC1(c1ccccc1)c1ccccc1.CC(C)[C@@H]1NC(=S)OC1(c1ccccc1)c1ccccc1. The van der Waals surface area contributed by atoms with Gasteiger partial charge in [0, 0.05) is 49.8 Å². The van der Waals surface area contributed by atoms with Crippen molar-refractivity contribution in [2.75, 3.05) is 13.1 Å². The molecule has 2 amide bonds. The number of thiocarbonyl (C=S) groups is 2. The van der Waals surface area contributed by atoms with Crippen molar-refractivity contribution in [3.8, 4) is 0 Å². The molecule has 0 radical (unpaired) electrons. The Morgan fingerprint density at radius 1 is 0.710 bits per heavy atom. The van der Waals surface area contributed by atoms with Gasteiger partial charge in [-0.2, -0.15) is 0 Å². The highest BCUT2D eigenvalue weighted by atomic mass is 32.1. The van der Waals surface area contributed by atoms with Crippen molar-refractivity contribution < 1.29 is 24.2 Å². The molecule has 0 spiro atoms. The van der Waals surface area contributed by atoms with E-state index in [-0.39, 0.29) is 35.5 Å². The Bertz CT molecular complexity index is 2020. The molecular formula is C51H65N3O5S2Si. The van der Waals surface area contributed by atoms with E-state index in [1.165, 1.54) is 0 Å². The molecule has 2 atom stereocenters. The van der Waals surface area contributed by atoms with E-state index in [0.717, 1.165) is 54.0 Å². The average Bonchev–Trinajstić information content (AvgIpc) is 3.79. The van der Waals surface area contributed by atoms with E-state index in [0.29, 0.717) is 24.2 Å². The zero-order chi connectivity index (χ0) is 44.9. The van der Waals surface area contributed by atoms with Gasteiger partial charge in [-0.25, -0.2) is 4.79 Å². The van der Waals surface area contributed by atoms with Crippen LogP contribution in [0.25, 0.3) is 0 Å². The first-order chi connectivity index (χ1) is 29.6.